The third-order valence-corrected chi connectivity index (χ3v) is 3.15. The van der Waals surface area contributed by atoms with Crippen LogP contribution in [0.15, 0.2) is 60.7 Å². The van der Waals surface area contributed by atoms with Crippen LogP contribution in [0.2, 0.25) is 0 Å². The van der Waals surface area contributed by atoms with E-state index in [0.717, 1.165) is 0 Å². The molecule has 88 valence electrons. The van der Waals surface area contributed by atoms with Crippen molar-refractivity contribution in [2.24, 2.45) is 10.8 Å². The van der Waals surface area contributed by atoms with Gasteiger partial charge in [0.2, 0.25) is 0 Å². The van der Waals surface area contributed by atoms with Crippen molar-refractivity contribution in [1.29, 1.82) is 0 Å². The Hall–Kier alpha value is -1.82. The summed E-state index contributed by atoms with van der Waals surface area (Å²) >= 11 is 0. The van der Waals surface area contributed by atoms with E-state index in [-0.39, 0.29) is 0 Å². The fourth-order valence-corrected chi connectivity index (χ4v) is 2.42. The van der Waals surface area contributed by atoms with Gasteiger partial charge in [0.05, 0.1) is 0 Å². The Bertz CT molecular complexity index is 419. The average molecular weight is 246 g/mol. The highest BCUT2D eigenvalue weighted by Gasteiger charge is 2.34. The van der Waals surface area contributed by atoms with Gasteiger partial charge in [-0.05, 0) is 24.3 Å². The largest absolute Gasteiger partial charge is 0.644 e. The Morgan fingerprint density at radius 3 is 1.35 bits per heavy atom. The van der Waals surface area contributed by atoms with Gasteiger partial charge in [-0.25, -0.2) is 0 Å². The molecule has 0 aliphatic carbocycles. The predicted molar refractivity (Wildman–Crippen MR) is 68.3 cm³/mol. The monoisotopic (exact) mass is 246 g/mol. The highest BCUT2D eigenvalue weighted by Crippen LogP contribution is 2.14. The lowest BCUT2D eigenvalue weighted by Crippen LogP contribution is -2.66. The molecule has 0 unspecified atom stereocenters. The van der Waals surface area contributed by atoms with Gasteiger partial charge in [-0.15, -0.1) is 0 Å². The molecule has 0 spiro atoms. The van der Waals surface area contributed by atoms with E-state index < -0.39 is 8.88 Å². The molecule has 2 rings (SSSR count). The van der Waals surface area contributed by atoms with E-state index in [2.05, 4.69) is 0 Å². The number of rotatable bonds is 4. The van der Waals surface area contributed by atoms with Gasteiger partial charge < -0.3 is 8.85 Å². The maximum Gasteiger partial charge on any atom is 0.644 e. The third-order valence-electron chi connectivity index (χ3n) is 2.04. The Balaban J connectivity index is 2.04. The van der Waals surface area contributed by atoms with E-state index in [1.165, 1.54) is 0 Å². The molecule has 0 saturated carbocycles. The van der Waals surface area contributed by atoms with E-state index in [9.17, 15) is 0 Å². The Kier molecular flexibility index (Phi) is 3.43. The molecule has 0 bridgehead atoms. The lowest BCUT2D eigenvalue weighted by atomic mass is 10.3. The van der Waals surface area contributed by atoms with Crippen molar-refractivity contribution in [3.63, 3.8) is 0 Å². The zero-order valence-corrected chi connectivity index (χ0v) is 10.2. The summed E-state index contributed by atoms with van der Waals surface area (Å²) < 4.78 is 11.0. The fraction of sp³-hybridized carbons (Fsp3) is 0. The Morgan fingerprint density at radius 2 is 1.00 bits per heavy atom. The van der Waals surface area contributed by atoms with E-state index in [0.29, 0.717) is 11.5 Å². The molecule has 2 aromatic rings. The van der Waals surface area contributed by atoms with Gasteiger partial charge >= 0.3 is 8.88 Å². The molecule has 0 radical (unpaired) electrons. The SMILES string of the molecule is N[Si](N)(Oc1ccccc1)Oc1ccccc1. The van der Waals surface area contributed by atoms with Gasteiger partial charge in [0.25, 0.3) is 0 Å². The molecule has 4 N–H and O–H groups in total. The van der Waals surface area contributed by atoms with E-state index >= 15 is 0 Å². The molecule has 0 atom stereocenters. The van der Waals surface area contributed by atoms with Gasteiger partial charge in [-0.3, -0.25) is 10.8 Å². The van der Waals surface area contributed by atoms with Crippen molar-refractivity contribution in [2.75, 3.05) is 0 Å². The molecule has 0 saturated heterocycles. The minimum absolute atomic E-state index is 0.611. The van der Waals surface area contributed by atoms with Crippen LogP contribution in [0.1, 0.15) is 0 Å². The zero-order chi connectivity index (χ0) is 12.1. The molecule has 0 heterocycles. The first-order valence-corrected chi connectivity index (χ1v) is 7.19. The quantitative estimate of drug-likeness (QED) is 0.802. The van der Waals surface area contributed by atoms with Crippen LogP contribution in [0, 0.1) is 0 Å². The summed E-state index contributed by atoms with van der Waals surface area (Å²) in [5.74, 6) is 1.22. The standard InChI is InChI=1S/C12H14N2O2Si/c13-17(14,15-11-7-3-1-4-8-11)16-12-9-5-2-6-10-12/h1-10H,13-14H2. The zero-order valence-electron chi connectivity index (χ0n) is 9.24. The number of hydrogen-bond donors (Lipinski definition) is 2. The molecule has 2 aromatic carbocycles. The first-order chi connectivity index (χ1) is 8.16. The van der Waals surface area contributed by atoms with Crippen LogP contribution in [-0.2, 0) is 0 Å². The summed E-state index contributed by atoms with van der Waals surface area (Å²) in [7, 11) is -3.18. The molecule has 17 heavy (non-hydrogen) atoms. The maximum absolute atomic E-state index is 5.85. The summed E-state index contributed by atoms with van der Waals surface area (Å²) in [6.45, 7) is 0. The van der Waals surface area contributed by atoms with Crippen LogP contribution in [0.4, 0.5) is 0 Å². The number of hydrogen-bond acceptors (Lipinski definition) is 4. The number of benzene rings is 2. The molecule has 0 aliphatic rings. The first-order valence-electron chi connectivity index (χ1n) is 5.22. The summed E-state index contributed by atoms with van der Waals surface area (Å²) in [6, 6.07) is 18.3. The van der Waals surface area contributed by atoms with E-state index in [1.807, 2.05) is 36.4 Å². The average Bonchev–Trinajstić information content (AvgIpc) is 2.30. The van der Waals surface area contributed by atoms with Crippen molar-refractivity contribution in [1.82, 2.24) is 0 Å². The second-order valence-electron chi connectivity index (χ2n) is 3.55. The van der Waals surface area contributed by atoms with Crippen molar-refractivity contribution >= 4 is 8.88 Å². The molecule has 0 amide bonds. The van der Waals surface area contributed by atoms with Gasteiger partial charge in [0.15, 0.2) is 0 Å². The van der Waals surface area contributed by atoms with Crippen molar-refractivity contribution in [3.05, 3.63) is 60.7 Å². The van der Waals surface area contributed by atoms with Crippen LogP contribution >= 0.6 is 0 Å². The minimum Gasteiger partial charge on any atom is -0.490 e. The van der Waals surface area contributed by atoms with E-state index in [4.69, 9.17) is 19.7 Å². The maximum atomic E-state index is 5.85. The van der Waals surface area contributed by atoms with Gasteiger partial charge in [-0.1, -0.05) is 36.4 Å². The summed E-state index contributed by atoms with van der Waals surface area (Å²) in [4.78, 5) is 0. The second kappa shape index (κ2) is 5.01. The lowest BCUT2D eigenvalue weighted by Gasteiger charge is -2.22. The smallest absolute Gasteiger partial charge is 0.490 e. The first kappa shape index (κ1) is 11.7. The van der Waals surface area contributed by atoms with Gasteiger partial charge in [0, 0.05) is 0 Å². The lowest BCUT2D eigenvalue weighted by molar-refractivity contribution is 0.384. The summed E-state index contributed by atoms with van der Waals surface area (Å²) in [6.07, 6.45) is 0. The van der Waals surface area contributed by atoms with Crippen LogP contribution in [0.25, 0.3) is 0 Å². The van der Waals surface area contributed by atoms with Crippen molar-refractivity contribution in [2.45, 2.75) is 0 Å². The summed E-state index contributed by atoms with van der Waals surface area (Å²) in [5, 5.41) is 11.7. The predicted octanol–water partition coefficient (Wildman–Crippen LogP) is 1.50. The molecule has 0 fully saturated rings. The molecular weight excluding hydrogens is 232 g/mol. The fourth-order valence-electron chi connectivity index (χ4n) is 1.37. The number of para-hydroxylation sites is 2. The topological polar surface area (TPSA) is 70.5 Å². The Morgan fingerprint density at radius 1 is 0.647 bits per heavy atom. The van der Waals surface area contributed by atoms with Gasteiger partial charge in [-0.2, -0.15) is 0 Å². The van der Waals surface area contributed by atoms with Crippen LogP contribution in [0.3, 0.4) is 0 Å². The van der Waals surface area contributed by atoms with Crippen molar-refractivity contribution < 1.29 is 8.85 Å². The van der Waals surface area contributed by atoms with Crippen molar-refractivity contribution in [3.8, 4) is 11.5 Å². The molecule has 0 aromatic heterocycles. The third kappa shape index (κ3) is 3.60. The normalized spacial score (nSPS) is 10.9. The second-order valence-corrected chi connectivity index (χ2v) is 5.40. The highest BCUT2D eigenvalue weighted by molar-refractivity contribution is 6.61. The minimum atomic E-state index is -3.18. The van der Waals surface area contributed by atoms with Gasteiger partial charge in [0.1, 0.15) is 11.5 Å². The van der Waals surface area contributed by atoms with Crippen LogP contribution < -0.4 is 19.7 Å². The highest BCUT2D eigenvalue weighted by atomic mass is 28.4. The van der Waals surface area contributed by atoms with Crippen LogP contribution in [-0.4, -0.2) is 8.88 Å². The molecular formula is C12H14N2O2Si. The molecule has 0 aliphatic heterocycles. The van der Waals surface area contributed by atoms with Crippen LogP contribution in [0.5, 0.6) is 11.5 Å². The number of nitrogens with two attached hydrogens (primary N) is 2. The molecule has 4 nitrogen and oxygen atoms in total. The summed E-state index contributed by atoms with van der Waals surface area (Å²) in [5.41, 5.74) is 0. The molecule has 5 heteroatoms. The Labute approximate surface area is 101 Å². The van der Waals surface area contributed by atoms with E-state index in [1.54, 1.807) is 24.3 Å².